The zero-order chi connectivity index (χ0) is 26.3. The number of hydrogen-bond acceptors (Lipinski definition) is 7. The van der Waals surface area contributed by atoms with Crippen LogP contribution in [0.5, 0.6) is 0 Å². The van der Waals surface area contributed by atoms with Crippen molar-refractivity contribution >= 4 is 29.2 Å². The standard InChI is InChI=1S/C29H30FN5O2S/c1-2-23-18-27(35-14-12-34(13-15-35)26-11-4-3-10-25(26)30)33-29(32-23)38-20-21-7-5-8-22(17-21)28(36)31-19-24-9-6-16-37-24/h3-11,16-18H,2,12-15,19-20H2,1H3,(H,31,36). The highest BCUT2D eigenvalue weighted by molar-refractivity contribution is 7.98. The maximum Gasteiger partial charge on any atom is 0.251 e. The van der Waals surface area contributed by atoms with Crippen LogP contribution in [0.25, 0.3) is 0 Å². The summed E-state index contributed by atoms with van der Waals surface area (Å²) in [7, 11) is 0. The summed E-state index contributed by atoms with van der Waals surface area (Å²) < 4.78 is 19.5. The molecule has 9 heteroatoms. The number of halogens is 1. The van der Waals surface area contributed by atoms with Crippen LogP contribution in [0.3, 0.4) is 0 Å². The summed E-state index contributed by atoms with van der Waals surface area (Å²) in [6.07, 6.45) is 2.40. The van der Waals surface area contributed by atoms with Crippen molar-refractivity contribution in [3.63, 3.8) is 0 Å². The fourth-order valence-electron chi connectivity index (χ4n) is 4.38. The van der Waals surface area contributed by atoms with Crippen molar-refractivity contribution in [3.8, 4) is 0 Å². The lowest BCUT2D eigenvalue weighted by Gasteiger charge is -2.37. The zero-order valence-corrected chi connectivity index (χ0v) is 22.1. The van der Waals surface area contributed by atoms with Gasteiger partial charge in [-0.25, -0.2) is 14.4 Å². The van der Waals surface area contributed by atoms with Crippen LogP contribution in [0.1, 0.15) is 34.3 Å². The lowest BCUT2D eigenvalue weighted by atomic mass is 10.1. The van der Waals surface area contributed by atoms with Gasteiger partial charge in [-0.1, -0.05) is 43.0 Å². The second-order valence-corrected chi connectivity index (χ2v) is 9.97. The molecular weight excluding hydrogens is 501 g/mol. The molecule has 1 fully saturated rings. The first-order valence-corrected chi connectivity index (χ1v) is 13.7. The van der Waals surface area contributed by atoms with Gasteiger partial charge in [0.2, 0.25) is 0 Å². The van der Waals surface area contributed by atoms with Crippen molar-refractivity contribution in [2.24, 2.45) is 0 Å². The van der Waals surface area contributed by atoms with Gasteiger partial charge < -0.3 is 19.5 Å². The lowest BCUT2D eigenvalue weighted by Crippen LogP contribution is -2.47. The largest absolute Gasteiger partial charge is 0.467 e. The molecular formula is C29H30FN5O2S. The maximum absolute atomic E-state index is 14.2. The van der Waals surface area contributed by atoms with E-state index in [0.29, 0.717) is 34.5 Å². The van der Waals surface area contributed by atoms with Gasteiger partial charge in [-0.05, 0) is 48.4 Å². The number of rotatable bonds is 9. The SMILES string of the molecule is CCc1cc(N2CCN(c3ccccc3F)CC2)nc(SCc2cccc(C(=O)NCc3ccco3)c2)n1. The normalized spacial score (nSPS) is 13.5. The van der Waals surface area contributed by atoms with Crippen molar-refractivity contribution in [3.05, 3.63) is 101 Å². The average Bonchev–Trinajstić information content (AvgIpc) is 3.49. The summed E-state index contributed by atoms with van der Waals surface area (Å²) in [5, 5.41) is 3.60. The predicted octanol–water partition coefficient (Wildman–Crippen LogP) is 5.32. The molecule has 0 saturated carbocycles. The van der Waals surface area contributed by atoms with Gasteiger partial charge in [0.05, 0.1) is 18.5 Å². The number of aryl methyl sites for hydroxylation is 1. The highest BCUT2D eigenvalue weighted by Gasteiger charge is 2.21. The van der Waals surface area contributed by atoms with Gasteiger partial charge >= 0.3 is 0 Å². The van der Waals surface area contributed by atoms with E-state index in [9.17, 15) is 9.18 Å². The van der Waals surface area contributed by atoms with E-state index < -0.39 is 0 Å². The number of para-hydroxylation sites is 1. The molecule has 1 amide bonds. The summed E-state index contributed by atoms with van der Waals surface area (Å²) in [6.45, 7) is 5.40. The van der Waals surface area contributed by atoms with E-state index in [4.69, 9.17) is 14.4 Å². The highest BCUT2D eigenvalue weighted by atomic mass is 32.2. The number of carbonyl (C=O) groups excluding carboxylic acids is 1. The van der Waals surface area contributed by atoms with E-state index in [1.54, 1.807) is 36.2 Å². The second kappa shape index (κ2) is 12.1. The second-order valence-electron chi connectivity index (χ2n) is 9.03. The summed E-state index contributed by atoms with van der Waals surface area (Å²) in [6, 6.07) is 20.2. The van der Waals surface area contributed by atoms with Crippen LogP contribution in [0, 0.1) is 5.82 Å². The highest BCUT2D eigenvalue weighted by Crippen LogP contribution is 2.26. The van der Waals surface area contributed by atoms with E-state index >= 15 is 0 Å². The van der Waals surface area contributed by atoms with Crippen molar-refractivity contribution in [2.45, 2.75) is 30.8 Å². The molecule has 1 aliphatic rings. The van der Waals surface area contributed by atoms with E-state index in [-0.39, 0.29) is 11.7 Å². The van der Waals surface area contributed by atoms with Gasteiger partial charge in [0.15, 0.2) is 5.16 Å². The Bertz CT molecular complexity index is 1370. The Morgan fingerprint density at radius 3 is 2.58 bits per heavy atom. The molecule has 5 rings (SSSR count). The van der Waals surface area contributed by atoms with Crippen molar-refractivity contribution in [1.29, 1.82) is 0 Å². The zero-order valence-electron chi connectivity index (χ0n) is 21.3. The Morgan fingerprint density at radius 1 is 1.00 bits per heavy atom. The maximum atomic E-state index is 14.2. The van der Waals surface area contributed by atoms with Crippen LogP contribution >= 0.6 is 11.8 Å². The van der Waals surface area contributed by atoms with E-state index in [1.165, 1.54) is 6.07 Å². The molecule has 2 aromatic carbocycles. The molecule has 7 nitrogen and oxygen atoms in total. The fraction of sp³-hybridized carbons (Fsp3) is 0.276. The van der Waals surface area contributed by atoms with Crippen LogP contribution in [-0.2, 0) is 18.7 Å². The number of benzene rings is 2. The van der Waals surface area contributed by atoms with Gasteiger partial charge in [-0.3, -0.25) is 4.79 Å². The number of hydrogen-bond donors (Lipinski definition) is 1. The molecule has 0 atom stereocenters. The number of piperazine rings is 1. The number of furan rings is 1. The Balaban J connectivity index is 1.21. The van der Waals surface area contributed by atoms with Crippen molar-refractivity contribution < 1.29 is 13.6 Å². The molecule has 4 aromatic rings. The van der Waals surface area contributed by atoms with E-state index in [0.717, 1.165) is 49.7 Å². The molecule has 1 aliphatic heterocycles. The Morgan fingerprint density at radius 2 is 1.82 bits per heavy atom. The quantitative estimate of drug-likeness (QED) is 0.231. The number of carbonyl (C=O) groups is 1. The van der Waals surface area contributed by atoms with Gasteiger partial charge in [0, 0.05) is 49.3 Å². The Labute approximate surface area is 226 Å². The third-order valence-corrected chi connectivity index (χ3v) is 7.38. The first kappa shape index (κ1) is 25.8. The first-order valence-electron chi connectivity index (χ1n) is 12.7. The third kappa shape index (κ3) is 6.34. The number of amides is 1. The molecule has 2 aromatic heterocycles. The lowest BCUT2D eigenvalue weighted by molar-refractivity contribution is 0.0948. The molecule has 1 N–H and O–H groups in total. The molecule has 38 heavy (non-hydrogen) atoms. The monoisotopic (exact) mass is 531 g/mol. The molecule has 0 radical (unpaired) electrons. The fourth-order valence-corrected chi connectivity index (χ4v) is 5.20. The number of nitrogens with zero attached hydrogens (tertiary/aromatic N) is 4. The van der Waals surface area contributed by atoms with Crippen molar-refractivity contribution in [1.82, 2.24) is 15.3 Å². The minimum atomic E-state index is -0.186. The van der Waals surface area contributed by atoms with Gasteiger partial charge in [-0.15, -0.1) is 0 Å². The number of thioether (sulfide) groups is 1. The minimum Gasteiger partial charge on any atom is -0.467 e. The summed E-state index contributed by atoms with van der Waals surface area (Å²) in [5.74, 6) is 1.93. The van der Waals surface area contributed by atoms with Gasteiger partial charge in [0.25, 0.3) is 5.91 Å². The van der Waals surface area contributed by atoms with Crippen LogP contribution in [0.4, 0.5) is 15.9 Å². The molecule has 196 valence electrons. The predicted molar refractivity (Wildman–Crippen MR) is 148 cm³/mol. The van der Waals surface area contributed by atoms with Crippen LogP contribution in [0.15, 0.2) is 82.6 Å². The number of anilines is 2. The van der Waals surface area contributed by atoms with Crippen molar-refractivity contribution in [2.75, 3.05) is 36.0 Å². The molecule has 1 saturated heterocycles. The topological polar surface area (TPSA) is 74.5 Å². The van der Waals surface area contributed by atoms with Gasteiger partial charge in [0.1, 0.15) is 17.4 Å². The van der Waals surface area contributed by atoms with Gasteiger partial charge in [-0.2, -0.15) is 0 Å². The molecule has 0 aliphatic carbocycles. The van der Waals surface area contributed by atoms with E-state index in [1.807, 2.05) is 42.5 Å². The molecule has 0 spiro atoms. The third-order valence-electron chi connectivity index (χ3n) is 6.46. The first-order chi connectivity index (χ1) is 18.6. The Hall–Kier alpha value is -3.85. The molecule has 3 heterocycles. The molecule has 0 bridgehead atoms. The summed E-state index contributed by atoms with van der Waals surface area (Å²) >= 11 is 1.56. The summed E-state index contributed by atoms with van der Waals surface area (Å²) in [5.41, 5.74) is 3.26. The Kier molecular flexibility index (Phi) is 8.23. The smallest absolute Gasteiger partial charge is 0.251 e. The van der Waals surface area contributed by atoms with Crippen LogP contribution < -0.4 is 15.1 Å². The number of aromatic nitrogens is 2. The summed E-state index contributed by atoms with van der Waals surface area (Å²) in [4.78, 5) is 26.5. The number of nitrogens with one attached hydrogen (secondary N) is 1. The van der Waals surface area contributed by atoms with Crippen LogP contribution in [-0.4, -0.2) is 42.1 Å². The molecule has 0 unspecified atom stereocenters. The minimum absolute atomic E-state index is 0.144. The van der Waals surface area contributed by atoms with E-state index in [2.05, 4.69) is 22.0 Å². The average molecular weight is 532 g/mol. The van der Waals surface area contributed by atoms with Crippen LogP contribution in [0.2, 0.25) is 0 Å².